The number of hydrogen-bond acceptors (Lipinski definition) is 3. The number of nitrogens with zero attached hydrogens (tertiary/aromatic N) is 1. The van der Waals surface area contributed by atoms with Gasteiger partial charge in [-0.1, -0.05) is 30.3 Å². The Labute approximate surface area is 125 Å². The van der Waals surface area contributed by atoms with Gasteiger partial charge in [0, 0.05) is 25.7 Å². The first kappa shape index (κ1) is 15.2. The van der Waals surface area contributed by atoms with Crippen LogP contribution < -0.4 is 15.4 Å². The summed E-state index contributed by atoms with van der Waals surface area (Å²) in [6.45, 7) is 4.42. The van der Waals surface area contributed by atoms with Gasteiger partial charge in [-0.05, 0) is 19.4 Å². The number of nitrogens with two attached hydrogens (primary N) is 1. The highest BCUT2D eigenvalue weighted by molar-refractivity contribution is 5.69. The Morgan fingerprint density at radius 2 is 1.86 bits per heavy atom. The Balaban J connectivity index is 2.25. The largest absolute Gasteiger partial charge is 0.488 e. The van der Waals surface area contributed by atoms with Crippen LogP contribution in [0.25, 0.3) is 0 Å². The van der Waals surface area contributed by atoms with Crippen molar-refractivity contribution < 1.29 is 9.13 Å². The number of anilines is 2. The fraction of sp³-hybridized carbons (Fsp3) is 0.294. The van der Waals surface area contributed by atoms with Crippen molar-refractivity contribution in [2.75, 3.05) is 17.7 Å². The third-order valence-corrected chi connectivity index (χ3v) is 3.12. The highest BCUT2D eigenvalue weighted by Crippen LogP contribution is 2.31. The molecule has 2 aromatic rings. The highest BCUT2D eigenvalue weighted by atomic mass is 19.1. The predicted molar refractivity (Wildman–Crippen MR) is 85.1 cm³/mol. The first-order chi connectivity index (χ1) is 9.97. The van der Waals surface area contributed by atoms with Crippen molar-refractivity contribution in [3.8, 4) is 5.75 Å². The van der Waals surface area contributed by atoms with Gasteiger partial charge in [0.15, 0.2) is 11.6 Å². The smallest absolute Gasteiger partial charge is 0.167 e. The van der Waals surface area contributed by atoms with Crippen molar-refractivity contribution in [1.82, 2.24) is 0 Å². The summed E-state index contributed by atoms with van der Waals surface area (Å²) in [6, 6.07) is 13.0. The Hall–Kier alpha value is -2.23. The molecule has 0 aliphatic carbocycles. The van der Waals surface area contributed by atoms with E-state index in [0.717, 1.165) is 11.3 Å². The van der Waals surface area contributed by atoms with E-state index in [9.17, 15) is 4.39 Å². The van der Waals surface area contributed by atoms with Crippen LogP contribution in [-0.2, 0) is 6.54 Å². The second-order valence-corrected chi connectivity index (χ2v) is 5.35. The van der Waals surface area contributed by atoms with Gasteiger partial charge in [0.05, 0.1) is 17.5 Å². The molecule has 3 nitrogen and oxygen atoms in total. The Kier molecular flexibility index (Phi) is 4.68. The van der Waals surface area contributed by atoms with Crippen molar-refractivity contribution in [2.24, 2.45) is 0 Å². The van der Waals surface area contributed by atoms with Crippen LogP contribution in [-0.4, -0.2) is 13.2 Å². The number of benzene rings is 2. The Bertz CT molecular complexity index is 599. The second kappa shape index (κ2) is 6.48. The first-order valence-corrected chi connectivity index (χ1v) is 6.98. The van der Waals surface area contributed by atoms with Gasteiger partial charge >= 0.3 is 0 Å². The number of nitrogen functional groups attached to an aromatic ring is 1. The normalized spacial score (nSPS) is 10.7. The Morgan fingerprint density at radius 3 is 2.48 bits per heavy atom. The first-order valence-electron chi connectivity index (χ1n) is 6.98. The van der Waals surface area contributed by atoms with Gasteiger partial charge in [-0.25, -0.2) is 4.39 Å². The van der Waals surface area contributed by atoms with E-state index in [0.29, 0.717) is 12.2 Å². The van der Waals surface area contributed by atoms with Crippen LogP contribution in [0.3, 0.4) is 0 Å². The van der Waals surface area contributed by atoms with Crippen LogP contribution in [0.5, 0.6) is 5.75 Å². The van der Waals surface area contributed by atoms with Crippen molar-refractivity contribution in [2.45, 2.75) is 26.5 Å². The summed E-state index contributed by atoms with van der Waals surface area (Å²) >= 11 is 0. The van der Waals surface area contributed by atoms with Gasteiger partial charge in [0.1, 0.15) is 0 Å². The molecule has 0 unspecified atom stereocenters. The molecule has 0 aliphatic heterocycles. The number of halogens is 1. The lowest BCUT2D eigenvalue weighted by Gasteiger charge is -2.23. The van der Waals surface area contributed by atoms with E-state index in [1.165, 1.54) is 6.07 Å². The molecule has 0 aliphatic rings. The molecule has 112 valence electrons. The highest BCUT2D eigenvalue weighted by Gasteiger charge is 2.13. The lowest BCUT2D eigenvalue weighted by atomic mass is 10.2. The third-order valence-electron chi connectivity index (χ3n) is 3.12. The molecule has 2 N–H and O–H groups in total. The lowest BCUT2D eigenvalue weighted by molar-refractivity contribution is 0.231. The maximum atomic E-state index is 13.9. The monoisotopic (exact) mass is 288 g/mol. The molecule has 2 aromatic carbocycles. The molecule has 0 radical (unpaired) electrons. The van der Waals surface area contributed by atoms with Gasteiger partial charge in [-0.15, -0.1) is 0 Å². The second-order valence-electron chi connectivity index (χ2n) is 5.35. The average Bonchev–Trinajstić information content (AvgIpc) is 2.42. The molecule has 0 saturated carbocycles. The summed E-state index contributed by atoms with van der Waals surface area (Å²) in [4.78, 5) is 1.98. The molecule has 0 bridgehead atoms. The molecule has 21 heavy (non-hydrogen) atoms. The summed E-state index contributed by atoms with van der Waals surface area (Å²) in [5.74, 6) is -0.202. The number of ether oxygens (including phenoxy) is 1. The SMILES string of the molecule is CC(C)Oc1cc(N(C)Cc2ccccc2)c(N)cc1F. The summed E-state index contributed by atoms with van der Waals surface area (Å²) in [5, 5.41) is 0. The van der Waals surface area contributed by atoms with Crippen LogP contribution in [0, 0.1) is 5.82 Å². The predicted octanol–water partition coefficient (Wildman–Crippen LogP) is 3.83. The number of hydrogen-bond donors (Lipinski definition) is 1. The van der Waals surface area contributed by atoms with E-state index in [1.54, 1.807) is 6.07 Å². The van der Waals surface area contributed by atoms with E-state index in [4.69, 9.17) is 10.5 Å². The third kappa shape index (κ3) is 3.88. The molecule has 4 heteroatoms. The van der Waals surface area contributed by atoms with E-state index in [2.05, 4.69) is 0 Å². The molecule has 0 amide bonds. The van der Waals surface area contributed by atoms with Gasteiger partial charge in [0.2, 0.25) is 0 Å². The zero-order valence-electron chi connectivity index (χ0n) is 12.6. The fourth-order valence-electron chi connectivity index (χ4n) is 2.18. The molecule has 0 atom stereocenters. The lowest BCUT2D eigenvalue weighted by Crippen LogP contribution is -2.18. The van der Waals surface area contributed by atoms with Crippen LogP contribution >= 0.6 is 0 Å². The number of rotatable bonds is 5. The van der Waals surface area contributed by atoms with Crippen molar-refractivity contribution in [1.29, 1.82) is 0 Å². The molecule has 2 rings (SSSR count). The Morgan fingerprint density at radius 1 is 1.19 bits per heavy atom. The molecule has 0 fully saturated rings. The van der Waals surface area contributed by atoms with E-state index < -0.39 is 5.82 Å². The van der Waals surface area contributed by atoms with Crippen LogP contribution in [0.15, 0.2) is 42.5 Å². The van der Waals surface area contributed by atoms with E-state index >= 15 is 0 Å². The summed E-state index contributed by atoms with van der Waals surface area (Å²) in [7, 11) is 1.93. The molecule has 0 saturated heterocycles. The molecule has 0 heterocycles. The molecular weight excluding hydrogens is 267 g/mol. The van der Waals surface area contributed by atoms with Crippen LogP contribution in [0.4, 0.5) is 15.8 Å². The minimum atomic E-state index is -0.432. The van der Waals surface area contributed by atoms with Crippen LogP contribution in [0.1, 0.15) is 19.4 Å². The minimum Gasteiger partial charge on any atom is -0.488 e. The molecular formula is C17H21FN2O. The maximum Gasteiger partial charge on any atom is 0.167 e. The maximum absolute atomic E-state index is 13.9. The zero-order chi connectivity index (χ0) is 15.4. The van der Waals surface area contributed by atoms with Crippen molar-refractivity contribution in [3.05, 3.63) is 53.8 Å². The van der Waals surface area contributed by atoms with E-state index in [1.807, 2.05) is 56.1 Å². The van der Waals surface area contributed by atoms with Crippen molar-refractivity contribution >= 4 is 11.4 Å². The minimum absolute atomic E-state index is 0.0876. The topological polar surface area (TPSA) is 38.5 Å². The van der Waals surface area contributed by atoms with Gasteiger partial charge in [-0.3, -0.25) is 0 Å². The molecule has 0 spiro atoms. The zero-order valence-corrected chi connectivity index (χ0v) is 12.6. The van der Waals surface area contributed by atoms with Gasteiger partial charge in [-0.2, -0.15) is 0 Å². The quantitative estimate of drug-likeness (QED) is 0.850. The van der Waals surface area contributed by atoms with Crippen LogP contribution in [0.2, 0.25) is 0 Å². The average molecular weight is 288 g/mol. The summed E-state index contributed by atoms with van der Waals surface area (Å²) in [5.41, 5.74) is 8.27. The van der Waals surface area contributed by atoms with Gasteiger partial charge < -0.3 is 15.4 Å². The van der Waals surface area contributed by atoms with Crippen molar-refractivity contribution in [3.63, 3.8) is 0 Å². The summed E-state index contributed by atoms with van der Waals surface area (Å²) in [6.07, 6.45) is -0.0876. The summed E-state index contributed by atoms with van der Waals surface area (Å²) < 4.78 is 19.3. The standard InChI is InChI=1S/C17H21FN2O/c1-12(2)21-17-10-16(15(19)9-14(17)18)20(3)11-13-7-5-4-6-8-13/h4-10,12H,11,19H2,1-3H3. The van der Waals surface area contributed by atoms with Gasteiger partial charge in [0.25, 0.3) is 0 Å². The fourth-order valence-corrected chi connectivity index (χ4v) is 2.18. The molecule has 0 aromatic heterocycles. The van der Waals surface area contributed by atoms with E-state index in [-0.39, 0.29) is 11.9 Å².